The third-order valence-corrected chi connectivity index (χ3v) is 4.59. The largest absolute Gasteiger partial charge is 0.507 e. The Kier molecular flexibility index (Phi) is 5.44. The van der Waals surface area contributed by atoms with Gasteiger partial charge < -0.3 is 19.8 Å². The number of ketones is 1. The summed E-state index contributed by atoms with van der Waals surface area (Å²) in [6.45, 7) is -0.172. The van der Waals surface area contributed by atoms with Crippen LogP contribution in [0.25, 0.3) is 5.76 Å². The Hall–Kier alpha value is -3.61. The van der Waals surface area contributed by atoms with Gasteiger partial charge in [0.05, 0.1) is 25.1 Å². The lowest BCUT2D eigenvalue weighted by Crippen LogP contribution is -2.32. The molecule has 0 aromatic heterocycles. The molecule has 0 radical (unpaired) electrons. The van der Waals surface area contributed by atoms with E-state index in [1.165, 1.54) is 12.0 Å². The summed E-state index contributed by atoms with van der Waals surface area (Å²) in [6, 6.07) is 14.3. The van der Waals surface area contributed by atoms with Gasteiger partial charge in [-0.2, -0.15) is 0 Å². The zero-order valence-corrected chi connectivity index (χ0v) is 15.2. The van der Waals surface area contributed by atoms with Gasteiger partial charge >= 0.3 is 5.97 Å². The Morgan fingerprint density at radius 1 is 1.04 bits per heavy atom. The van der Waals surface area contributed by atoms with E-state index in [-0.39, 0.29) is 24.3 Å². The molecule has 1 fully saturated rings. The first-order chi connectivity index (χ1) is 13.5. The number of rotatable bonds is 6. The molecule has 1 heterocycles. The Labute approximate surface area is 161 Å². The Morgan fingerprint density at radius 3 is 2.32 bits per heavy atom. The molecule has 0 spiro atoms. The number of carboxylic acids is 1. The number of amides is 1. The molecule has 7 heteroatoms. The molecule has 0 saturated carbocycles. The third kappa shape index (κ3) is 3.46. The molecule has 2 aromatic carbocycles. The van der Waals surface area contributed by atoms with Crippen molar-refractivity contribution < 1.29 is 29.3 Å². The van der Waals surface area contributed by atoms with Crippen LogP contribution in [0.2, 0.25) is 0 Å². The second-order valence-corrected chi connectivity index (χ2v) is 6.24. The molecule has 1 unspecified atom stereocenters. The molecule has 144 valence electrons. The number of para-hydroxylation sites is 1. The van der Waals surface area contributed by atoms with Crippen LogP contribution in [0.15, 0.2) is 60.2 Å². The second-order valence-electron chi connectivity index (χ2n) is 6.24. The highest BCUT2D eigenvalue weighted by molar-refractivity contribution is 6.46. The summed E-state index contributed by atoms with van der Waals surface area (Å²) in [5.74, 6) is -2.69. The lowest BCUT2D eigenvalue weighted by molar-refractivity contribution is -0.142. The first-order valence-corrected chi connectivity index (χ1v) is 8.64. The lowest BCUT2D eigenvalue weighted by atomic mass is 9.94. The number of benzene rings is 2. The van der Waals surface area contributed by atoms with Gasteiger partial charge in [0.25, 0.3) is 11.7 Å². The maximum atomic E-state index is 12.8. The predicted molar refractivity (Wildman–Crippen MR) is 101 cm³/mol. The zero-order chi connectivity index (χ0) is 20.3. The van der Waals surface area contributed by atoms with Crippen molar-refractivity contribution in [1.82, 2.24) is 4.90 Å². The zero-order valence-electron chi connectivity index (χ0n) is 15.2. The Bertz CT molecular complexity index is 950. The summed E-state index contributed by atoms with van der Waals surface area (Å²) in [5.41, 5.74) is 0.789. The molecule has 2 aromatic rings. The molecule has 1 amide bonds. The molecule has 1 aliphatic heterocycles. The molecule has 1 atom stereocenters. The molecule has 28 heavy (non-hydrogen) atoms. The number of aliphatic hydroxyl groups is 1. The minimum atomic E-state index is -1.09. The number of aliphatic carboxylic acids is 1. The van der Waals surface area contributed by atoms with Gasteiger partial charge in [-0.1, -0.05) is 48.5 Å². The number of methoxy groups -OCH3 is 1. The normalized spacial score (nSPS) is 18.3. The summed E-state index contributed by atoms with van der Waals surface area (Å²) in [5, 5.41) is 19.8. The van der Waals surface area contributed by atoms with Crippen LogP contribution < -0.4 is 4.74 Å². The van der Waals surface area contributed by atoms with E-state index in [1.54, 1.807) is 54.6 Å². The van der Waals surface area contributed by atoms with Crippen molar-refractivity contribution >= 4 is 23.4 Å². The van der Waals surface area contributed by atoms with Gasteiger partial charge in [0.1, 0.15) is 11.5 Å². The summed E-state index contributed by atoms with van der Waals surface area (Å²) in [6.07, 6.45) is -0.329. The summed E-state index contributed by atoms with van der Waals surface area (Å²) in [7, 11) is 1.46. The maximum absolute atomic E-state index is 12.8. The van der Waals surface area contributed by atoms with Gasteiger partial charge in [-0.15, -0.1) is 0 Å². The maximum Gasteiger partial charge on any atom is 0.305 e. The number of carboxylic acid groups (broad SMARTS) is 1. The number of hydrogen-bond acceptors (Lipinski definition) is 5. The van der Waals surface area contributed by atoms with Crippen molar-refractivity contribution in [1.29, 1.82) is 0 Å². The monoisotopic (exact) mass is 381 g/mol. The minimum absolute atomic E-state index is 0.0916. The van der Waals surface area contributed by atoms with Crippen molar-refractivity contribution in [2.24, 2.45) is 0 Å². The Balaban J connectivity index is 2.20. The van der Waals surface area contributed by atoms with Crippen molar-refractivity contribution in [3.8, 4) is 5.75 Å². The topological polar surface area (TPSA) is 104 Å². The van der Waals surface area contributed by atoms with Gasteiger partial charge in [-0.05, 0) is 6.07 Å². The van der Waals surface area contributed by atoms with E-state index in [9.17, 15) is 19.5 Å². The molecular formula is C21H19NO6. The molecule has 1 saturated heterocycles. The molecule has 3 rings (SSSR count). The second kappa shape index (κ2) is 7.96. The van der Waals surface area contributed by atoms with Crippen molar-refractivity contribution in [3.63, 3.8) is 0 Å². The summed E-state index contributed by atoms with van der Waals surface area (Å²) >= 11 is 0. The molecule has 7 nitrogen and oxygen atoms in total. The van der Waals surface area contributed by atoms with Gasteiger partial charge in [0, 0.05) is 17.7 Å². The SMILES string of the molecule is COc1ccccc1C1/C(=C(/O)c2ccccc2)C(=O)C(=O)N1CCC(=O)O. The fourth-order valence-electron chi connectivity index (χ4n) is 3.29. The molecule has 0 bridgehead atoms. The Morgan fingerprint density at radius 2 is 1.68 bits per heavy atom. The highest BCUT2D eigenvalue weighted by atomic mass is 16.5. The number of nitrogens with zero attached hydrogens (tertiary/aromatic N) is 1. The lowest BCUT2D eigenvalue weighted by Gasteiger charge is -2.26. The van der Waals surface area contributed by atoms with Crippen LogP contribution in [-0.4, -0.2) is 46.4 Å². The van der Waals surface area contributed by atoms with E-state index in [1.807, 2.05) is 0 Å². The predicted octanol–water partition coefficient (Wildman–Crippen LogP) is 2.59. The number of aliphatic hydroxyl groups excluding tert-OH is 1. The van der Waals surface area contributed by atoms with Crippen molar-refractivity contribution in [2.75, 3.05) is 13.7 Å². The van der Waals surface area contributed by atoms with Crippen LogP contribution in [-0.2, 0) is 14.4 Å². The van der Waals surface area contributed by atoms with Crippen LogP contribution in [0.4, 0.5) is 0 Å². The highest BCUT2D eigenvalue weighted by Gasteiger charge is 2.46. The van der Waals surface area contributed by atoms with Gasteiger partial charge in [0.2, 0.25) is 0 Å². The van der Waals surface area contributed by atoms with E-state index < -0.39 is 23.7 Å². The van der Waals surface area contributed by atoms with Crippen molar-refractivity contribution in [3.05, 3.63) is 71.3 Å². The number of likely N-dealkylation sites (tertiary alicyclic amines) is 1. The standard InChI is InChI=1S/C21H19NO6/c1-28-15-10-6-5-9-14(15)18-17(19(25)13-7-3-2-4-8-13)20(26)21(27)22(18)12-11-16(23)24/h2-10,18,25H,11-12H2,1H3,(H,23,24)/b19-17-. The minimum Gasteiger partial charge on any atom is -0.507 e. The number of Topliss-reactive ketones (excluding diaryl/α,β-unsaturated/α-hetero) is 1. The van der Waals surface area contributed by atoms with Gasteiger partial charge in [-0.25, -0.2) is 0 Å². The van der Waals surface area contributed by atoms with E-state index in [0.717, 1.165) is 0 Å². The average molecular weight is 381 g/mol. The highest BCUT2D eigenvalue weighted by Crippen LogP contribution is 2.42. The van der Waals surface area contributed by atoms with Gasteiger partial charge in [-0.3, -0.25) is 14.4 Å². The van der Waals surface area contributed by atoms with Crippen molar-refractivity contribution in [2.45, 2.75) is 12.5 Å². The average Bonchev–Trinajstić information content (AvgIpc) is 2.96. The van der Waals surface area contributed by atoms with Crippen LogP contribution >= 0.6 is 0 Å². The fraction of sp³-hybridized carbons (Fsp3) is 0.190. The quantitative estimate of drug-likeness (QED) is 0.453. The van der Waals surface area contributed by atoms with Crippen LogP contribution in [0.5, 0.6) is 5.75 Å². The number of hydrogen-bond donors (Lipinski definition) is 2. The first-order valence-electron chi connectivity index (χ1n) is 8.64. The number of carbonyl (C=O) groups excluding carboxylic acids is 2. The van der Waals surface area contributed by atoms with E-state index in [4.69, 9.17) is 9.84 Å². The molecule has 1 aliphatic rings. The van der Waals surface area contributed by atoms with E-state index in [0.29, 0.717) is 16.9 Å². The number of ether oxygens (including phenoxy) is 1. The van der Waals surface area contributed by atoms with Crippen LogP contribution in [0.1, 0.15) is 23.6 Å². The third-order valence-electron chi connectivity index (χ3n) is 4.59. The summed E-state index contributed by atoms with van der Waals surface area (Å²) < 4.78 is 5.37. The fourth-order valence-corrected chi connectivity index (χ4v) is 3.29. The first kappa shape index (κ1) is 19.2. The molecular weight excluding hydrogens is 362 g/mol. The summed E-state index contributed by atoms with van der Waals surface area (Å²) in [4.78, 5) is 37.6. The number of carbonyl (C=O) groups is 3. The van der Waals surface area contributed by atoms with E-state index >= 15 is 0 Å². The van der Waals surface area contributed by atoms with Gasteiger partial charge in [0.15, 0.2) is 0 Å². The smallest absolute Gasteiger partial charge is 0.305 e. The molecule has 0 aliphatic carbocycles. The molecule has 2 N–H and O–H groups in total. The van der Waals surface area contributed by atoms with E-state index in [2.05, 4.69) is 0 Å². The van der Waals surface area contributed by atoms with Crippen LogP contribution in [0.3, 0.4) is 0 Å². The van der Waals surface area contributed by atoms with Crippen LogP contribution in [0, 0.1) is 0 Å².